The van der Waals surface area contributed by atoms with Gasteiger partial charge in [-0.25, -0.2) is 0 Å². The average Bonchev–Trinajstić information content (AvgIpc) is 3.04. The van der Waals surface area contributed by atoms with Gasteiger partial charge in [0.1, 0.15) is 0 Å². The largest absolute Gasteiger partial charge is 0.501 e. The van der Waals surface area contributed by atoms with E-state index in [0.29, 0.717) is 17.4 Å². The van der Waals surface area contributed by atoms with Gasteiger partial charge in [-0.1, -0.05) is 6.92 Å². The zero-order valence-corrected chi connectivity index (χ0v) is 33.5. The highest BCUT2D eigenvalue weighted by Gasteiger charge is 2.48. The second-order valence-corrected chi connectivity index (χ2v) is 20.9. The molecule has 52 heavy (non-hydrogen) atoms. The molecule has 0 spiro atoms. The van der Waals surface area contributed by atoms with Crippen molar-refractivity contribution in [3.05, 3.63) is 0 Å². The quantitative estimate of drug-likeness (QED) is 0.0167. The van der Waals surface area contributed by atoms with Crippen molar-refractivity contribution in [1.82, 2.24) is 16.0 Å². The summed E-state index contributed by atoms with van der Waals surface area (Å²) < 4.78 is 115. The van der Waals surface area contributed by atoms with Crippen LogP contribution in [0.4, 0.5) is 0 Å². The molecule has 0 amide bonds. The molecule has 0 fully saturated rings. The Hall–Kier alpha value is -0.573. The number of rotatable bonds is 33. The Kier molecular flexibility index (Phi) is 22.6. The minimum absolute atomic E-state index is 0.0632. The van der Waals surface area contributed by atoms with E-state index in [0.717, 1.165) is 13.0 Å². The zero-order chi connectivity index (χ0) is 40.4. The molecule has 0 heterocycles. The van der Waals surface area contributed by atoms with Crippen molar-refractivity contribution in [3.8, 4) is 0 Å². The predicted octanol–water partition coefficient (Wildman–Crippen LogP) is -5.55. The Morgan fingerprint density at radius 2 is 0.846 bits per heavy atom. The molecule has 0 saturated carbocycles. The minimum atomic E-state index is -4.46. The molecule has 0 aromatic carbocycles. The first kappa shape index (κ1) is 51.4. The molecule has 0 atom stereocenters. The lowest BCUT2D eigenvalue weighted by molar-refractivity contribution is -0.890. The third kappa shape index (κ3) is 20.9. The summed E-state index contributed by atoms with van der Waals surface area (Å²) in [4.78, 5) is 0. The zero-order valence-electron chi connectivity index (χ0n) is 30.0. The molecular weight excluding hydrogens is 781 g/mol. The van der Waals surface area contributed by atoms with Gasteiger partial charge in [0.05, 0.1) is 121 Å². The Morgan fingerprint density at radius 3 is 1.08 bits per heavy atom. The predicted molar refractivity (Wildman–Crippen MR) is 189 cm³/mol. The van der Waals surface area contributed by atoms with E-state index in [-0.39, 0.29) is 6.04 Å². The number of hydrogen-bond acceptors (Lipinski definition) is 18. The summed E-state index contributed by atoms with van der Waals surface area (Å²) in [7, 11) is -13.8. The first-order valence-corrected chi connectivity index (χ1v) is 23.1. The lowest BCUT2D eigenvalue weighted by Crippen LogP contribution is -2.64. The van der Waals surface area contributed by atoms with Crippen LogP contribution in [0, 0.1) is 0 Å². The number of aliphatic hydroxyl groups excluding tert-OH is 6. The van der Waals surface area contributed by atoms with Gasteiger partial charge >= 0.3 is 8.80 Å². The molecule has 0 aliphatic rings. The van der Waals surface area contributed by atoms with Crippen molar-refractivity contribution in [2.45, 2.75) is 42.4 Å². The van der Waals surface area contributed by atoms with Crippen molar-refractivity contribution in [2.24, 2.45) is 0 Å². The molecular formula is C26H61N4O18S3Si+. The Bertz CT molecular complexity index is 1190. The fourth-order valence-electron chi connectivity index (χ4n) is 4.77. The van der Waals surface area contributed by atoms with Crippen LogP contribution in [-0.4, -0.2) is 223 Å². The molecule has 0 aromatic rings. The average molecular weight is 842 g/mol. The van der Waals surface area contributed by atoms with Gasteiger partial charge in [0, 0.05) is 32.1 Å². The van der Waals surface area contributed by atoms with Crippen LogP contribution in [0.5, 0.6) is 0 Å². The van der Waals surface area contributed by atoms with Crippen LogP contribution in [0.15, 0.2) is 0 Å². The van der Waals surface area contributed by atoms with Gasteiger partial charge in [-0.05, 0) is 6.42 Å². The van der Waals surface area contributed by atoms with Gasteiger partial charge in [-0.15, -0.1) is 0 Å². The molecule has 0 unspecified atom stereocenters. The molecule has 314 valence electrons. The minimum Gasteiger partial charge on any atom is -0.394 e. The van der Waals surface area contributed by atoms with Crippen molar-refractivity contribution < 1.29 is 87.3 Å². The van der Waals surface area contributed by atoms with Crippen LogP contribution in [0.1, 0.15) is 19.8 Å². The van der Waals surface area contributed by atoms with Gasteiger partial charge in [-0.2, -0.15) is 25.3 Å². The summed E-state index contributed by atoms with van der Waals surface area (Å²) in [6.07, 6.45) is 1.14. The molecule has 0 radical (unpaired) electrons. The molecule has 0 saturated heterocycles. The van der Waals surface area contributed by atoms with Crippen LogP contribution in [0.25, 0.3) is 0 Å². The van der Waals surface area contributed by atoms with E-state index < -0.39 is 152 Å². The number of quaternary nitrogens is 1. The van der Waals surface area contributed by atoms with E-state index in [2.05, 4.69) is 16.0 Å². The number of nitrogens with zero attached hydrogens (tertiary/aromatic N) is 1. The summed E-state index contributed by atoms with van der Waals surface area (Å²) in [5.74, 6) is -2.40. The van der Waals surface area contributed by atoms with Crippen molar-refractivity contribution in [2.75, 3.05) is 124 Å². The standard InChI is InChI=1S/C26H60N4O18S3Si/c1-4-9-30(2,3)10-5-14-52(46-21-24(15-31,16-32)27-6-11-49(37,38)39,47-22-25(17-33,18-34)28-7-12-50(40,41)42)48-23-26(19-35,20-36)29-8-13-51(43,44)45/h27-29,31-36H,4-23H2,1-3H3,(H2-,37,38,39,40,41,42,43,44,45)/p+1. The van der Waals surface area contributed by atoms with Crippen molar-refractivity contribution in [3.63, 3.8) is 0 Å². The summed E-state index contributed by atoms with van der Waals surface area (Å²) >= 11 is 0. The number of aliphatic hydroxyl groups is 6. The van der Waals surface area contributed by atoms with Gasteiger partial charge in [0.15, 0.2) is 0 Å². The van der Waals surface area contributed by atoms with Crippen LogP contribution in [0.3, 0.4) is 0 Å². The first-order chi connectivity index (χ1) is 23.9. The molecule has 0 bridgehead atoms. The van der Waals surface area contributed by atoms with Gasteiger partial charge in [0.25, 0.3) is 30.4 Å². The van der Waals surface area contributed by atoms with Crippen LogP contribution in [-0.2, 0) is 43.6 Å². The molecule has 0 rings (SSSR count). The van der Waals surface area contributed by atoms with Crippen LogP contribution >= 0.6 is 0 Å². The van der Waals surface area contributed by atoms with E-state index in [1.54, 1.807) is 0 Å². The van der Waals surface area contributed by atoms with Gasteiger partial charge in [0.2, 0.25) is 0 Å². The topological polar surface area (TPSA) is 348 Å². The highest BCUT2D eigenvalue weighted by Crippen LogP contribution is 2.25. The summed E-state index contributed by atoms with van der Waals surface area (Å²) in [6, 6.07) is -0.0632. The maximum absolute atomic E-state index is 11.3. The Labute approximate surface area is 307 Å². The smallest absolute Gasteiger partial charge is 0.394 e. The third-order valence-electron chi connectivity index (χ3n) is 8.18. The monoisotopic (exact) mass is 841 g/mol. The maximum atomic E-state index is 11.3. The molecule has 0 aliphatic heterocycles. The molecule has 12 N–H and O–H groups in total. The first-order valence-electron chi connectivity index (χ1n) is 16.4. The molecule has 26 heteroatoms. The van der Waals surface area contributed by atoms with Crippen LogP contribution < -0.4 is 16.0 Å². The SMILES string of the molecule is CCC[N+](C)(C)CCC[Si](OCC(CO)(CO)NCCS(=O)(=O)O)(OCC(CO)(CO)NCCS(=O)(=O)O)OCC(CO)(CO)NCCS(=O)(=O)O. The third-order valence-corrected chi connectivity index (χ3v) is 13.1. The number of hydrogen-bond donors (Lipinski definition) is 12. The van der Waals surface area contributed by atoms with E-state index in [4.69, 9.17) is 13.3 Å². The van der Waals surface area contributed by atoms with Crippen LogP contribution in [0.2, 0.25) is 6.04 Å². The molecule has 0 aromatic heterocycles. The molecule has 0 aliphatic carbocycles. The van der Waals surface area contributed by atoms with Gasteiger partial charge in [-0.3, -0.25) is 13.7 Å². The lowest BCUT2D eigenvalue weighted by Gasteiger charge is -2.41. The lowest BCUT2D eigenvalue weighted by atomic mass is 10.0. The number of nitrogens with one attached hydrogen (secondary N) is 3. The fourth-order valence-corrected chi connectivity index (χ4v) is 8.62. The normalized spacial score (nSPS) is 14.3. The van der Waals surface area contributed by atoms with Crippen molar-refractivity contribution >= 4 is 39.2 Å². The summed E-state index contributed by atoms with van der Waals surface area (Å²) in [6.45, 7) is -5.10. The van der Waals surface area contributed by atoms with E-state index in [1.165, 1.54) is 0 Å². The fraction of sp³-hybridized carbons (Fsp3) is 1.00. The highest BCUT2D eigenvalue weighted by atomic mass is 32.2. The van der Waals surface area contributed by atoms with Crippen molar-refractivity contribution in [1.29, 1.82) is 0 Å². The Balaban J connectivity index is 6.98. The summed E-state index contributed by atoms with van der Waals surface area (Å²) in [5, 5.41) is 69.5. The Morgan fingerprint density at radius 1 is 0.558 bits per heavy atom. The van der Waals surface area contributed by atoms with E-state index in [9.17, 15) is 69.6 Å². The van der Waals surface area contributed by atoms with E-state index >= 15 is 0 Å². The maximum Gasteiger partial charge on any atom is 0.501 e. The highest BCUT2D eigenvalue weighted by molar-refractivity contribution is 7.86. The van der Waals surface area contributed by atoms with E-state index in [1.807, 2.05) is 21.0 Å². The van der Waals surface area contributed by atoms with Gasteiger partial charge < -0.3 is 64.4 Å². The molecule has 22 nitrogen and oxygen atoms in total. The second kappa shape index (κ2) is 22.8. The second-order valence-electron chi connectivity index (χ2n) is 13.5. The summed E-state index contributed by atoms with van der Waals surface area (Å²) in [5.41, 5.74) is -5.32.